The lowest BCUT2D eigenvalue weighted by Gasteiger charge is -1.94. The molecule has 0 unspecified atom stereocenters. The quantitative estimate of drug-likeness (QED) is 0.735. The predicted molar refractivity (Wildman–Crippen MR) is 51.5 cm³/mol. The Kier molecular flexibility index (Phi) is 3.03. The van der Waals surface area contributed by atoms with Crippen molar-refractivity contribution in [2.75, 3.05) is 5.75 Å². The molecule has 1 rings (SSSR count). The second kappa shape index (κ2) is 3.72. The van der Waals surface area contributed by atoms with Gasteiger partial charge in [-0.25, -0.2) is 8.42 Å². The van der Waals surface area contributed by atoms with Crippen LogP contribution in [0.25, 0.3) is 0 Å². The number of hydrogen-bond acceptors (Lipinski definition) is 3. The topological polar surface area (TPSA) is 47.3 Å². The van der Waals surface area contributed by atoms with Gasteiger partial charge in [-0.05, 0) is 31.9 Å². The van der Waals surface area contributed by atoms with E-state index in [0.717, 1.165) is 17.1 Å². The molecule has 0 amide bonds. The molecule has 0 atom stereocenters. The molecule has 0 bridgehead atoms. The molecule has 0 radical (unpaired) electrons. The van der Waals surface area contributed by atoms with Crippen molar-refractivity contribution in [3.63, 3.8) is 0 Å². The van der Waals surface area contributed by atoms with E-state index in [1.54, 1.807) is 0 Å². The van der Waals surface area contributed by atoms with Crippen molar-refractivity contribution in [1.82, 2.24) is 0 Å². The highest BCUT2D eigenvalue weighted by Gasteiger charge is 2.09. The zero-order valence-electron chi connectivity index (χ0n) is 7.50. The Balaban J connectivity index is 2.70. The maximum absolute atomic E-state index is 10.7. The summed E-state index contributed by atoms with van der Waals surface area (Å²) in [6.07, 6.45) is 0.412. The van der Waals surface area contributed by atoms with E-state index in [-0.39, 0.29) is 5.75 Å². The summed E-state index contributed by atoms with van der Waals surface area (Å²) in [5.41, 5.74) is 0.904. The molecule has 5 heteroatoms. The van der Waals surface area contributed by atoms with Crippen LogP contribution in [0, 0.1) is 13.8 Å². The van der Waals surface area contributed by atoms with E-state index >= 15 is 0 Å². The Morgan fingerprint density at radius 3 is 2.46 bits per heavy atom. The highest BCUT2D eigenvalue weighted by molar-refractivity contribution is 8.13. The van der Waals surface area contributed by atoms with E-state index in [9.17, 15) is 8.42 Å². The summed E-state index contributed by atoms with van der Waals surface area (Å²) in [5.74, 6) is 1.51. The molecule has 74 valence electrons. The average molecular weight is 223 g/mol. The smallest absolute Gasteiger partial charge is 0.232 e. The third-order valence-corrected chi connectivity index (χ3v) is 2.91. The van der Waals surface area contributed by atoms with Gasteiger partial charge in [-0.1, -0.05) is 0 Å². The SMILES string of the molecule is Cc1cc(CCS(=O)(=O)Cl)c(C)o1. The molecule has 0 aliphatic heterocycles. The first-order valence-electron chi connectivity index (χ1n) is 3.87. The molecule has 0 aliphatic rings. The summed E-state index contributed by atoms with van der Waals surface area (Å²) < 4.78 is 26.6. The lowest BCUT2D eigenvalue weighted by Crippen LogP contribution is -2.00. The van der Waals surface area contributed by atoms with Crippen LogP contribution in [-0.4, -0.2) is 14.2 Å². The van der Waals surface area contributed by atoms with Crippen LogP contribution in [0.1, 0.15) is 17.1 Å². The van der Waals surface area contributed by atoms with Gasteiger partial charge in [-0.15, -0.1) is 0 Å². The van der Waals surface area contributed by atoms with Crippen LogP contribution in [0.3, 0.4) is 0 Å². The van der Waals surface area contributed by atoms with Crippen LogP contribution in [0.4, 0.5) is 0 Å². The summed E-state index contributed by atoms with van der Waals surface area (Å²) >= 11 is 0. The lowest BCUT2D eigenvalue weighted by atomic mass is 10.2. The summed E-state index contributed by atoms with van der Waals surface area (Å²) in [6, 6.07) is 1.83. The van der Waals surface area contributed by atoms with E-state index in [2.05, 4.69) is 0 Å². The molecule has 0 fully saturated rings. The minimum absolute atomic E-state index is 0.0473. The first kappa shape index (κ1) is 10.6. The normalized spacial score (nSPS) is 11.9. The molecule has 0 saturated carbocycles. The first-order valence-corrected chi connectivity index (χ1v) is 6.34. The molecular formula is C8H11ClO3S. The third kappa shape index (κ3) is 3.40. The Labute approximate surface area is 82.1 Å². The fourth-order valence-electron chi connectivity index (χ4n) is 1.16. The highest BCUT2D eigenvalue weighted by atomic mass is 35.7. The number of rotatable bonds is 3. The molecule has 1 aromatic heterocycles. The number of hydrogen-bond donors (Lipinski definition) is 0. The van der Waals surface area contributed by atoms with Crippen molar-refractivity contribution in [2.24, 2.45) is 0 Å². The Hall–Kier alpha value is -0.480. The fraction of sp³-hybridized carbons (Fsp3) is 0.500. The maximum atomic E-state index is 10.7. The van der Waals surface area contributed by atoms with Crippen molar-refractivity contribution < 1.29 is 12.8 Å². The Morgan fingerprint density at radius 1 is 1.46 bits per heavy atom. The van der Waals surface area contributed by atoms with Gasteiger partial charge in [0.15, 0.2) is 0 Å². The number of furan rings is 1. The molecule has 0 aromatic carbocycles. The molecule has 13 heavy (non-hydrogen) atoms. The van der Waals surface area contributed by atoms with Gasteiger partial charge in [0.05, 0.1) is 5.75 Å². The standard InChI is InChI=1S/C8H11ClO3S/c1-6-5-8(7(2)12-6)3-4-13(9,10)11/h5H,3-4H2,1-2H3. The second-order valence-electron chi connectivity index (χ2n) is 2.93. The van der Waals surface area contributed by atoms with Crippen LogP contribution < -0.4 is 0 Å². The zero-order valence-corrected chi connectivity index (χ0v) is 9.07. The molecule has 0 saturated heterocycles. The second-order valence-corrected chi connectivity index (χ2v) is 5.83. The molecule has 1 aromatic rings. The zero-order chi connectivity index (χ0) is 10.1. The summed E-state index contributed by atoms with van der Waals surface area (Å²) in [5, 5.41) is 0. The average Bonchev–Trinajstić information content (AvgIpc) is 2.24. The van der Waals surface area contributed by atoms with Crippen LogP contribution in [0.2, 0.25) is 0 Å². The van der Waals surface area contributed by atoms with E-state index in [1.165, 1.54) is 0 Å². The van der Waals surface area contributed by atoms with Gasteiger partial charge in [-0.3, -0.25) is 0 Å². The minimum atomic E-state index is -3.40. The van der Waals surface area contributed by atoms with Crippen LogP contribution in [0.15, 0.2) is 10.5 Å². The largest absolute Gasteiger partial charge is 0.466 e. The molecule has 0 N–H and O–H groups in total. The maximum Gasteiger partial charge on any atom is 0.232 e. The monoisotopic (exact) mass is 222 g/mol. The van der Waals surface area contributed by atoms with Crippen molar-refractivity contribution in [3.05, 3.63) is 23.2 Å². The predicted octanol–water partition coefficient (Wildman–Crippen LogP) is 2.01. The molecule has 3 nitrogen and oxygen atoms in total. The van der Waals surface area contributed by atoms with Crippen molar-refractivity contribution in [2.45, 2.75) is 20.3 Å². The van der Waals surface area contributed by atoms with E-state index in [4.69, 9.17) is 15.1 Å². The Morgan fingerprint density at radius 2 is 2.08 bits per heavy atom. The molecule has 1 heterocycles. The summed E-state index contributed by atoms with van der Waals surface area (Å²) in [6.45, 7) is 3.63. The van der Waals surface area contributed by atoms with Gasteiger partial charge in [0, 0.05) is 10.7 Å². The minimum Gasteiger partial charge on any atom is -0.466 e. The molecule has 0 aliphatic carbocycles. The summed E-state index contributed by atoms with van der Waals surface area (Å²) in [7, 11) is 1.68. The number of aryl methyl sites for hydroxylation is 3. The molecular weight excluding hydrogens is 212 g/mol. The molecule has 0 spiro atoms. The van der Waals surface area contributed by atoms with E-state index < -0.39 is 9.05 Å². The highest BCUT2D eigenvalue weighted by Crippen LogP contribution is 2.15. The van der Waals surface area contributed by atoms with Gasteiger partial charge < -0.3 is 4.42 Å². The van der Waals surface area contributed by atoms with Crippen LogP contribution >= 0.6 is 10.7 Å². The van der Waals surface area contributed by atoms with Crippen molar-refractivity contribution >= 4 is 19.7 Å². The fourth-order valence-corrected chi connectivity index (χ4v) is 1.86. The van der Waals surface area contributed by atoms with E-state index in [0.29, 0.717) is 6.42 Å². The van der Waals surface area contributed by atoms with E-state index in [1.807, 2.05) is 19.9 Å². The van der Waals surface area contributed by atoms with Gasteiger partial charge in [-0.2, -0.15) is 0 Å². The van der Waals surface area contributed by atoms with Crippen molar-refractivity contribution in [3.8, 4) is 0 Å². The lowest BCUT2D eigenvalue weighted by molar-refractivity contribution is 0.501. The first-order chi connectivity index (χ1) is 5.88. The van der Waals surface area contributed by atoms with Gasteiger partial charge in [0.1, 0.15) is 11.5 Å². The summed E-state index contributed by atoms with van der Waals surface area (Å²) in [4.78, 5) is 0. The third-order valence-electron chi connectivity index (χ3n) is 1.76. The van der Waals surface area contributed by atoms with Crippen LogP contribution in [-0.2, 0) is 15.5 Å². The van der Waals surface area contributed by atoms with Gasteiger partial charge >= 0.3 is 0 Å². The van der Waals surface area contributed by atoms with Gasteiger partial charge in [0.2, 0.25) is 9.05 Å². The van der Waals surface area contributed by atoms with Gasteiger partial charge in [0.25, 0.3) is 0 Å². The Bertz CT molecular complexity index is 392. The van der Waals surface area contributed by atoms with Crippen molar-refractivity contribution in [1.29, 1.82) is 0 Å². The van der Waals surface area contributed by atoms with Crippen LogP contribution in [0.5, 0.6) is 0 Å². The number of halogens is 1.